The van der Waals surface area contributed by atoms with Crippen LogP contribution in [0.3, 0.4) is 0 Å². The molecule has 1 aromatic carbocycles. The third-order valence-electron chi connectivity index (χ3n) is 5.72. The Kier molecular flexibility index (Phi) is 6.82. The number of hydrogen-bond donors (Lipinski definition) is 2. The van der Waals surface area contributed by atoms with Gasteiger partial charge in [-0.15, -0.1) is 0 Å². The maximum Gasteiger partial charge on any atom is 0.315 e. The highest BCUT2D eigenvalue weighted by Crippen LogP contribution is 2.33. The van der Waals surface area contributed by atoms with Gasteiger partial charge in [0.1, 0.15) is 5.75 Å². The average Bonchev–Trinajstić information content (AvgIpc) is 3.49. The van der Waals surface area contributed by atoms with Gasteiger partial charge in [-0.1, -0.05) is 25.0 Å². The van der Waals surface area contributed by atoms with E-state index in [1.165, 1.54) is 12.8 Å². The van der Waals surface area contributed by atoms with Crippen LogP contribution in [0.4, 0.5) is 4.79 Å². The standard InChI is InChI=1S/C24H29N5O2/c1-31-22-8-6-18(7-9-22)10-15-26-24(30)27-17-20-16-23(19-11-13-25-14-12-19)29(28-20)21-4-2-3-5-21/h6-9,11-14,16,21H,2-5,10,15,17H2,1H3,(H2,26,27,30). The molecule has 0 spiro atoms. The van der Waals surface area contributed by atoms with E-state index in [1.54, 1.807) is 19.5 Å². The number of carbonyl (C=O) groups is 1. The Hall–Kier alpha value is -3.35. The Morgan fingerprint density at radius 3 is 2.55 bits per heavy atom. The quantitative estimate of drug-likeness (QED) is 0.576. The fourth-order valence-corrected chi connectivity index (χ4v) is 4.04. The zero-order chi connectivity index (χ0) is 21.5. The first kappa shape index (κ1) is 20.9. The summed E-state index contributed by atoms with van der Waals surface area (Å²) in [4.78, 5) is 16.4. The van der Waals surface area contributed by atoms with E-state index in [9.17, 15) is 4.79 Å². The van der Waals surface area contributed by atoms with Crippen molar-refractivity contribution >= 4 is 6.03 Å². The molecule has 0 radical (unpaired) electrons. The number of nitrogens with one attached hydrogen (secondary N) is 2. The Morgan fingerprint density at radius 1 is 1.10 bits per heavy atom. The van der Waals surface area contributed by atoms with Crippen LogP contribution in [0.25, 0.3) is 11.3 Å². The first-order valence-corrected chi connectivity index (χ1v) is 10.9. The third kappa shape index (κ3) is 5.42. The zero-order valence-corrected chi connectivity index (χ0v) is 17.9. The van der Waals surface area contributed by atoms with Crippen LogP contribution in [-0.4, -0.2) is 34.5 Å². The van der Waals surface area contributed by atoms with Crippen LogP contribution >= 0.6 is 0 Å². The molecule has 1 aliphatic carbocycles. The Bertz CT molecular complexity index is 979. The molecule has 162 valence electrons. The number of rotatable bonds is 8. The van der Waals surface area contributed by atoms with E-state index in [1.807, 2.05) is 36.4 Å². The van der Waals surface area contributed by atoms with Gasteiger partial charge < -0.3 is 15.4 Å². The summed E-state index contributed by atoms with van der Waals surface area (Å²) in [6, 6.07) is 14.2. The summed E-state index contributed by atoms with van der Waals surface area (Å²) in [6.07, 6.45) is 9.15. The number of ether oxygens (including phenoxy) is 1. The van der Waals surface area contributed by atoms with Crippen molar-refractivity contribution in [1.82, 2.24) is 25.4 Å². The SMILES string of the molecule is COc1ccc(CCNC(=O)NCc2cc(-c3ccncc3)n(C3CCCC3)n2)cc1. The summed E-state index contributed by atoms with van der Waals surface area (Å²) in [5.41, 5.74) is 4.21. The second kappa shape index (κ2) is 10.1. The largest absolute Gasteiger partial charge is 0.497 e. The predicted molar refractivity (Wildman–Crippen MR) is 120 cm³/mol. The molecule has 0 bridgehead atoms. The summed E-state index contributed by atoms with van der Waals surface area (Å²) >= 11 is 0. The lowest BCUT2D eigenvalue weighted by molar-refractivity contribution is 0.240. The van der Waals surface area contributed by atoms with Gasteiger partial charge in [0.15, 0.2) is 0 Å². The summed E-state index contributed by atoms with van der Waals surface area (Å²) in [6.45, 7) is 0.961. The van der Waals surface area contributed by atoms with Crippen molar-refractivity contribution in [3.63, 3.8) is 0 Å². The van der Waals surface area contributed by atoms with Crippen LogP contribution in [-0.2, 0) is 13.0 Å². The number of hydrogen-bond acceptors (Lipinski definition) is 4. The van der Waals surface area contributed by atoms with Gasteiger partial charge in [-0.3, -0.25) is 9.67 Å². The van der Waals surface area contributed by atoms with Crippen LogP contribution in [0, 0.1) is 0 Å². The Morgan fingerprint density at radius 2 is 1.84 bits per heavy atom. The number of carbonyl (C=O) groups excluding carboxylic acids is 1. The number of urea groups is 1. The molecule has 31 heavy (non-hydrogen) atoms. The van der Waals surface area contributed by atoms with Crippen LogP contribution in [0.15, 0.2) is 54.9 Å². The summed E-state index contributed by atoms with van der Waals surface area (Å²) in [7, 11) is 1.65. The van der Waals surface area contributed by atoms with E-state index < -0.39 is 0 Å². The highest BCUT2D eigenvalue weighted by Gasteiger charge is 2.22. The fraction of sp³-hybridized carbons (Fsp3) is 0.375. The van der Waals surface area contributed by atoms with E-state index in [4.69, 9.17) is 9.84 Å². The molecule has 2 heterocycles. The van der Waals surface area contributed by atoms with E-state index in [-0.39, 0.29) is 6.03 Å². The van der Waals surface area contributed by atoms with Crippen molar-refractivity contribution in [3.05, 3.63) is 66.1 Å². The van der Waals surface area contributed by atoms with Gasteiger partial charge in [0.2, 0.25) is 0 Å². The maximum atomic E-state index is 12.2. The van der Waals surface area contributed by atoms with E-state index in [0.717, 1.165) is 47.5 Å². The highest BCUT2D eigenvalue weighted by atomic mass is 16.5. The molecule has 0 saturated heterocycles. The van der Waals surface area contributed by atoms with Crippen molar-refractivity contribution < 1.29 is 9.53 Å². The average molecular weight is 420 g/mol. The molecule has 4 rings (SSSR count). The van der Waals surface area contributed by atoms with Crippen LogP contribution in [0.1, 0.15) is 43.0 Å². The molecule has 3 aromatic rings. The number of methoxy groups -OCH3 is 1. The predicted octanol–water partition coefficient (Wildman–Crippen LogP) is 4.11. The molecule has 2 N–H and O–H groups in total. The number of aromatic nitrogens is 3. The molecule has 1 fully saturated rings. The second-order valence-corrected chi connectivity index (χ2v) is 7.85. The van der Waals surface area contributed by atoms with Crippen LogP contribution in [0.2, 0.25) is 0 Å². The van der Waals surface area contributed by atoms with Gasteiger partial charge in [0, 0.05) is 24.5 Å². The lowest BCUT2D eigenvalue weighted by atomic mass is 10.1. The fourth-order valence-electron chi connectivity index (χ4n) is 4.04. The summed E-state index contributed by atoms with van der Waals surface area (Å²) in [5, 5.41) is 10.7. The van der Waals surface area contributed by atoms with Crippen LogP contribution in [0.5, 0.6) is 5.75 Å². The van der Waals surface area contributed by atoms with Crippen molar-refractivity contribution in [2.45, 2.75) is 44.7 Å². The second-order valence-electron chi connectivity index (χ2n) is 7.85. The smallest absolute Gasteiger partial charge is 0.315 e. The molecular weight excluding hydrogens is 390 g/mol. The lowest BCUT2D eigenvalue weighted by Gasteiger charge is -2.14. The molecule has 7 nitrogen and oxygen atoms in total. The van der Waals surface area contributed by atoms with Crippen molar-refractivity contribution in [1.29, 1.82) is 0 Å². The topological polar surface area (TPSA) is 81.1 Å². The van der Waals surface area contributed by atoms with Crippen molar-refractivity contribution in [3.8, 4) is 17.0 Å². The molecule has 0 aliphatic heterocycles. The summed E-state index contributed by atoms with van der Waals surface area (Å²) in [5.74, 6) is 0.831. The van der Waals surface area contributed by atoms with Gasteiger partial charge in [0.05, 0.1) is 31.1 Å². The van der Waals surface area contributed by atoms with E-state index >= 15 is 0 Å². The molecule has 7 heteroatoms. The molecule has 0 atom stereocenters. The zero-order valence-electron chi connectivity index (χ0n) is 17.9. The van der Waals surface area contributed by atoms with Gasteiger partial charge in [-0.2, -0.15) is 5.10 Å². The maximum absolute atomic E-state index is 12.2. The van der Waals surface area contributed by atoms with Gasteiger partial charge in [-0.25, -0.2) is 4.79 Å². The van der Waals surface area contributed by atoms with Crippen molar-refractivity contribution in [2.24, 2.45) is 0 Å². The summed E-state index contributed by atoms with van der Waals surface area (Å²) < 4.78 is 7.31. The van der Waals surface area contributed by atoms with Gasteiger partial charge >= 0.3 is 6.03 Å². The number of amides is 2. The molecule has 1 aliphatic rings. The van der Waals surface area contributed by atoms with E-state index in [2.05, 4.69) is 26.4 Å². The third-order valence-corrected chi connectivity index (χ3v) is 5.72. The molecular formula is C24H29N5O2. The Labute approximate surface area is 182 Å². The number of nitrogens with zero attached hydrogens (tertiary/aromatic N) is 3. The molecule has 0 unspecified atom stereocenters. The minimum Gasteiger partial charge on any atom is -0.497 e. The normalized spacial score (nSPS) is 13.8. The van der Waals surface area contributed by atoms with Gasteiger partial charge in [-0.05, 0) is 55.2 Å². The van der Waals surface area contributed by atoms with Crippen LogP contribution < -0.4 is 15.4 Å². The lowest BCUT2D eigenvalue weighted by Crippen LogP contribution is -2.36. The number of benzene rings is 1. The first-order valence-electron chi connectivity index (χ1n) is 10.9. The molecule has 1 saturated carbocycles. The number of pyridine rings is 1. The monoisotopic (exact) mass is 419 g/mol. The minimum absolute atomic E-state index is 0.186. The van der Waals surface area contributed by atoms with Gasteiger partial charge in [0.25, 0.3) is 0 Å². The van der Waals surface area contributed by atoms with E-state index in [0.29, 0.717) is 19.1 Å². The molecule has 2 amide bonds. The highest BCUT2D eigenvalue weighted by molar-refractivity contribution is 5.73. The van der Waals surface area contributed by atoms with Crippen molar-refractivity contribution in [2.75, 3.05) is 13.7 Å². The first-order chi connectivity index (χ1) is 15.2. The molecule has 2 aromatic heterocycles. The Balaban J connectivity index is 1.32. The minimum atomic E-state index is -0.186.